The van der Waals surface area contributed by atoms with Crippen LogP contribution in [0.4, 0.5) is 5.69 Å². The highest BCUT2D eigenvalue weighted by Crippen LogP contribution is 2.16. The number of benzene rings is 2. The number of nitrogens with one attached hydrogen (secondary N) is 1. The molecule has 0 aliphatic carbocycles. The molecule has 25 heavy (non-hydrogen) atoms. The second-order valence-corrected chi connectivity index (χ2v) is 5.60. The van der Waals surface area contributed by atoms with Crippen LogP contribution in [0.3, 0.4) is 0 Å². The summed E-state index contributed by atoms with van der Waals surface area (Å²) in [5.74, 6) is 2.10. The highest BCUT2D eigenvalue weighted by Gasteiger charge is 1.99. The number of nitrogens with two attached hydrogens (primary N) is 1. The monoisotopic (exact) mass is 455 g/mol. The molecule has 2 rings (SSSR count). The van der Waals surface area contributed by atoms with Crippen LogP contribution in [0, 0.1) is 0 Å². The van der Waals surface area contributed by atoms with E-state index in [1.807, 2.05) is 68.4 Å². The van der Waals surface area contributed by atoms with Gasteiger partial charge >= 0.3 is 0 Å². The van der Waals surface area contributed by atoms with E-state index in [0.717, 1.165) is 23.6 Å². The van der Waals surface area contributed by atoms with Crippen LogP contribution in [0.15, 0.2) is 59.6 Å². The van der Waals surface area contributed by atoms with E-state index in [2.05, 4.69) is 10.3 Å². The number of nitrogens with zero attached hydrogens (tertiary/aromatic N) is 1. The van der Waals surface area contributed by atoms with Gasteiger partial charge < -0.3 is 20.5 Å². The molecule has 0 atom stereocenters. The zero-order valence-electron chi connectivity index (χ0n) is 14.6. The zero-order chi connectivity index (χ0) is 17.2. The summed E-state index contributed by atoms with van der Waals surface area (Å²) >= 11 is 0. The van der Waals surface area contributed by atoms with Crippen LogP contribution in [0.5, 0.6) is 11.5 Å². The molecule has 0 fully saturated rings. The van der Waals surface area contributed by atoms with Crippen LogP contribution in [0.2, 0.25) is 0 Å². The minimum atomic E-state index is 0. The number of guanidine groups is 1. The highest BCUT2D eigenvalue weighted by molar-refractivity contribution is 14.0. The van der Waals surface area contributed by atoms with Crippen molar-refractivity contribution < 1.29 is 9.47 Å². The van der Waals surface area contributed by atoms with Gasteiger partial charge in [0.05, 0.1) is 12.7 Å². The SMILES string of the molecule is CC(C)Oc1ccc(NC(N)=NCCCOc2ccccc2)cc1.I. The van der Waals surface area contributed by atoms with Crippen molar-refractivity contribution in [3.05, 3.63) is 54.6 Å². The number of para-hydroxylation sites is 1. The molecule has 3 N–H and O–H groups in total. The number of rotatable bonds is 8. The number of hydrogen-bond acceptors (Lipinski definition) is 3. The molecule has 136 valence electrons. The molecule has 0 aromatic heterocycles. The van der Waals surface area contributed by atoms with E-state index in [4.69, 9.17) is 15.2 Å². The zero-order valence-corrected chi connectivity index (χ0v) is 17.0. The Hall–Kier alpha value is -1.96. The van der Waals surface area contributed by atoms with E-state index < -0.39 is 0 Å². The van der Waals surface area contributed by atoms with Gasteiger partial charge in [-0.1, -0.05) is 18.2 Å². The van der Waals surface area contributed by atoms with Gasteiger partial charge in [-0.15, -0.1) is 24.0 Å². The molecule has 0 amide bonds. The Kier molecular flexibility index (Phi) is 9.76. The number of anilines is 1. The Morgan fingerprint density at radius 3 is 2.36 bits per heavy atom. The summed E-state index contributed by atoms with van der Waals surface area (Å²) in [6.45, 7) is 5.22. The van der Waals surface area contributed by atoms with Crippen molar-refractivity contribution in [3.63, 3.8) is 0 Å². The molecule has 2 aromatic rings. The van der Waals surface area contributed by atoms with E-state index in [0.29, 0.717) is 19.1 Å². The lowest BCUT2D eigenvalue weighted by atomic mass is 10.3. The maximum Gasteiger partial charge on any atom is 0.193 e. The summed E-state index contributed by atoms with van der Waals surface area (Å²) in [5, 5.41) is 3.06. The van der Waals surface area contributed by atoms with Gasteiger partial charge in [-0.25, -0.2) is 0 Å². The first-order valence-corrected chi connectivity index (χ1v) is 8.15. The summed E-state index contributed by atoms with van der Waals surface area (Å²) in [4.78, 5) is 4.29. The lowest BCUT2D eigenvalue weighted by Gasteiger charge is -2.11. The molecule has 0 aliphatic rings. The molecular weight excluding hydrogens is 429 g/mol. The van der Waals surface area contributed by atoms with Crippen molar-refractivity contribution in [2.75, 3.05) is 18.5 Å². The van der Waals surface area contributed by atoms with Crippen molar-refractivity contribution >= 4 is 35.6 Å². The van der Waals surface area contributed by atoms with Gasteiger partial charge in [-0.2, -0.15) is 0 Å². The second-order valence-electron chi connectivity index (χ2n) is 5.60. The van der Waals surface area contributed by atoms with E-state index in [1.54, 1.807) is 0 Å². The predicted molar refractivity (Wildman–Crippen MR) is 114 cm³/mol. The molecule has 6 heteroatoms. The first-order chi connectivity index (χ1) is 11.6. The summed E-state index contributed by atoms with van der Waals surface area (Å²) in [6.07, 6.45) is 0.965. The van der Waals surface area contributed by atoms with E-state index >= 15 is 0 Å². The average molecular weight is 455 g/mol. The van der Waals surface area contributed by atoms with Gasteiger partial charge in [0.1, 0.15) is 11.5 Å². The fourth-order valence-electron chi connectivity index (χ4n) is 2.05. The van der Waals surface area contributed by atoms with Crippen molar-refractivity contribution in [2.45, 2.75) is 26.4 Å². The summed E-state index contributed by atoms with van der Waals surface area (Å²) < 4.78 is 11.2. The number of aliphatic imine (C=N–C) groups is 1. The van der Waals surface area contributed by atoms with Gasteiger partial charge in [0, 0.05) is 18.7 Å². The van der Waals surface area contributed by atoms with E-state index in [-0.39, 0.29) is 30.1 Å². The van der Waals surface area contributed by atoms with E-state index in [1.165, 1.54) is 0 Å². The molecule has 0 spiro atoms. The summed E-state index contributed by atoms with van der Waals surface area (Å²) in [5.41, 5.74) is 6.77. The minimum absolute atomic E-state index is 0. The van der Waals surface area contributed by atoms with Crippen LogP contribution in [0.1, 0.15) is 20.3 Å². The molecule has 5 nitrogen and oxygen atoms in total. The predicted octanol–water partition coefficient (Wildman–Crippen LogP) is 4.29. The lowest BCUT2D eigenvalue weighted by molar-refractivity contribution is 0.242. The van der Waals surface area contributed by atoms with Gasteiger partial charge in [0.2, 0.25) is 0 Å². The van der Waals surface area contributed by atoms with Gasteiger partial charge in [-0.05, 0) is 50.2 Å². The van der Waals surface area contributed by atoms with Gasteiger partial charge in [-0.3, -0.25) is 4.99 Å². The largest absolute Gasteiger partial charge is 0.494 e. The third-order valence-electron chi connectivity index (χ3n) is 3.10. The molecule has 0 aliphatic heterocycles. The van der Waals surface area contributed by atoms with Crippen LogP contribution in [0.25, 0.3) is 0 Å². The molecule has 0 bridgehead atoms. The topological polar surface area (TPSA) is 68.9 Å². The molecule has 0 radical (unpaired) electrons. The van der Waals surface area contributed by atoms with Crippen molar-refractivity contribution in [1.82, 2.24) is 0 Å². The Balaban J connectivity index is 0.00000312. The van der Waals surface area contributed by atoms with Crippen molar-refractivity contribution in [1.29, 1.82) is 0 Å². The molecule has 0 unspecified atom stereocenters. The van der Waals surface area contributed by atoms with Gasteiger partial charge in [0.25, 0.3) is 0 Å². The molecule has 0 heterocycles. The smallest absolute Gasteiger partial charge is 0.193 e. The fraction of sp³-hybridized carbons (Fsp3) is 0.316. The Morgan fingerprint density at radius 2 is 1.72 bits per heavy atom. The first kappa shape index (κ1) is 21.1. The third-order valence-corrected chi connectivity index (χ3v) is 3.10. The van der Waals surface area contributed by atoms with Crippen LogP contribution in [-0.2, 0) is 0 Å². The maximum absolute atomic E-state index is 5.88. The second kappa shape index (κ2) is 11.6. The summed E-state index contributed by atoms with van der Waals surface area (Å²) in [7, 11) is 0. The molecular formula is C19H26IN3O2. The van der Waals surface area contributed by atoms with Crippen molar-refractivity contribution in [2.24, 2.45) is 10.7 Å². The minimum Gasteiger partial charge on any atom is -0.494 e. The van der Waals surface area contributed by atoms with E-state index in [9.17, 15) is 0 Å². The molecule has 0 saturated carbocycles. The lowest BCUT2D eigenvalue weighted by Crippen LogP contribution is -2.23. The number of ether oxygens (including phenoxy) is 2. The quantitative estimate of drug-likeness (QED) is 0.270. The first-order valence-electron chi connectivity index (χ1n) is 8.15. The van der Waals surface area contributed by atoms with Gasteiger partial charge in [0.15, 0.2) is 5.96 Å². The molecule has 2 aromatic carbocycles. The van der Waals surface area contributed by atoms with Crippen LogP contribution >= 0.6 is 24.0 Å². The summed E-state index contributed by atoms with van der Waals surface area (Å²) in [6, 6.07) is 17.4. The maximum atomic E-state index is 5.88. The normalized spacial score (nSPS) is 10.9. The van der Waals surface area contributed by atoms with Crippen molar-refractivity contribution in [3.8, 4) is 11.5 Å². The van der Waals surface area contributed by atoms with Crippen LogP contribution < -0.4 is 20.5 Å². The van der Waals surface area contributed by atoms with Crippen LogP contribution in [-0.4, -0.2) is 25.2 Å². The Bertz CT molecular complexity index is 631. The standard InChI is InChI=1S/C19H25N3O2.HI/c1-15(2)24-18-11-9-16(10-12-18)22-19(20)21-13-6-14-23-17-7-4-3-5-8-17;/h3-5,7-12,15H,6,13-14H2,1-2H3,(H3,20,21,22);1H. The third kappa shape index (κ3) is 8.62. The number of hydrogen-bond donors (Lipinski definition) is 2. The fourth-order valence-corrected chi connectivity index (χ4v) is 2.05. The number of halogens is 1. The average Bonchev–Trinajstić information content (AvgIpc) is 2.57. The molecule has 0 saturated heterocycles. The Labute approximate surface area is 166 Å². The Morgan fingerprint density at radius 1 is 1.04 bits per heavy atom. The highest BCUT2D eigenvalue weighted by atomic mass is 127.